The molecule has 0 aromatic carbocycles. The van der Waals surface area contributed by atoms with E-state index in [0.717, 1.165) is 11.5 Å². The smallest absolute Gasteiger partial charge is 0.180 e. The Morgan fingerprint density at radius 1 is 1.57 bits per heavy atom. The lowest BCUT2D eigenvalue weighted by molar-refractivity contribution is -0.115. The molecule has 2 heterocycles. The van der Waals surface area contributed by atoms with Gasteiger partial charge in [-0.05, 0) is 19.1 Å². The highest BCUT2D eigenvalue weighted by Crippen LogP contribution is 2.29. The van der Waals surface area contributed by atoms with Crippen molar-refractivity contribution in [3.05, 3.63) is 35.6 Å². The Morgan fingerprint density at radius 2 is 2.29 bits per heavy atom. The van der Waals surface area contributed by atoms with Gasteiger partial charge in [-0.25, -0.2) is 5.01 Å². The average molecular weight is 212 g/mol. The zero-order valence-corrected chi connectivity index (χ0v) is 8.67. The number of carbonyl (C=O) groups excluding carboxylic acids is 1. The van der Waals surface area contributed by atoms with Crippen LogP contribution in [0, 0.1) is 0 Å². The summed E-state index contributed by atoms with van der Waals surface area (Å²) in [6.45, 7) is 3.37. The molecule has 0 aromatic rings. The van der Waals surface area contributed by atoms with E-state index < -0.39 is 0 Å². The van der Waals surface area contributed by atoms with Gasteiger partial charge in [0.1, 0.15) is 11.5 Å². The maximum Gasteiger partial charge on any atom is 0.180 e. The second kappa shape index (κ2) is 3.06. The zero-order chi connectivity index (χ0) is 10.3. The van der Waals surface area contributed by atoms with E-state index in [2.05, 4.69) is 5.32 Å². The van der Waals surface area contributed by atoms with Gasteiger partial charge in [0.25, 0.3) is 0 Å². The molecule has 0 saturated carbocycles. The van der Waals surface area contributed by atoms with Crippen molar-refractivity contribution in [3.63, 3.8) is 0 Å². The van der Waals surface area contributed by atoms with E-state index in [-0.39, 0.29) is 5.78 Å². The van der Waals surface area contributed by atoms with Gasteiger partial charge >= 0.3 is 0 Å². The van der Waals surface area contributed by atoms with E-state index in [4.69, 9.17) is 11.8 Å². The third-order valence-electron chi connectivity index (χ3n) is 2.10. The van der Waals surface area contributed by atoms with Gasteiger partial charge in [-0.2, -0.15) is 4.53 Å². The van der Waals surface area contributed by atoms with Crippen LogP contribution in [0.3, 0.4) is 0 Å². The summed E-state index contributed by atoms with van der Waals surface area (Å²) in [6.07, 6.45) is 5.34. The number of ketones is 1. The number of allylic oxidation sites excluding steroid dienone is 4. The molecule has 0 unspecified atom stereocenters. The molecule has 0 bridgehead atoms. The van der Waals surface area contributed by atoms with Gasteiger partial charge in [0.15, 0.2) is 5.78 Å². The first-order chi connectivity index (χ1) is 6.61. The fourth-order valence-corrected chi connectivity index (χ4v) is 1.80. The van der Waals surface area contributed by atoms with Crippen LogP contribution in [0.5, 0.6) is 0 Å². The number of hydrogen-bond donors (Lipinski definition) is 1. The summed E-state index contributed by atoms with van der Waals surface area (Å²) in [5.74, 6) is 0.782. The Hall–Kier alpha value is -1.42. The number of hydrogen-bond acceptors (Lipinski definition) is 4. The van der Waals surface area contributed by atoms with E-state index in [1.54, 1.807) is 11.2 Å². The van der Waals surface area contributed by atoms with Crippen molar-refractivity contribution in [1.82, 2.24) is 14.9 Å². The molecule has 0 radical (unpaired) electrons. The van der Waals surface area contributed by atoms with Crippen molar-refractivity contribution < 1.29 is 4.79 Å². The molecule has 14 heavy (non-hydrogen) atoms. The predicted molar refractivity (Wildman–Crippen MR) is 53.3 cm³/mol. The lowest BCUT2D eigenvalue weighted by Crippen LogP contribution is -2.34. The lowest BCUT2D eigenvalue weighted by Gasteiger charge is -2.29. The van der Waals surface area contributed by atoms with Gasteiger partial charge in [0.2, 0.25) is 0 Å². The van der Waals surface area contributed by atoms with Crippen LogP contribution in [-0.4, -0.2) is 15.3 Å². The highest BCUT2D eigenvalue weighted by molar-refractivity contribution is 6.14. The molecule has 4 nitrogen and oxygen atoms in total. The monoisotopic (exact) mass is 211 g/mol. The number of nitrogens with zero attached hydrogens (tertiary/aromatic N) is 2. The number of carbonyl (C=O) groups is 1. The molecular weight excluding hydrogens is 202 g/mol. The molecule has 2 aliphatic rings. The fourth-order valence-electron chi connectivity index (χ4n) is 1.58. The lowest BCUT2D eigenvalue weighted by atomic mass is 10.3. The number of fused-ring (bicyclic) bond motifs is 1. The van der Waals surface area contributed by atoms with Gasteiger partial charge < -0.3 is 5.32 Å². The van der Waals surface area contributed by atoms with Crippen LogP contribution >= 0.6 is 11.8 Å². The van der Waals surface area contributed by atoms with Gasteiger partial charge in [-0.15, -0.1) is 0 Å². The third-order valence-corrected chi connectivity index (χ3v) is 2.36. The number of hydrazine groups is 1. The van der Waals surface area contributed by atoms with E-state index in [1.165, 1.54) is 11.5 Å². The van der Waals surface area contributed by atoms with Crippen molar-refractivity contribution in [1.29, 1.82) is 0 Å². The van der Waals surface area contributed by atoms with Crippen LogP contribution in [0.4, 0.5) is 0 Å². The van der Waals surface area contributed by atoms with Crippen LogP contribution < -0.4 is 5.32 Å². The zero-order valence-electron chi connectivity index (χ0n) is 7.91. The topological polar surface area (TPSA) is 35.6 Å². The predicted octanol–water partition coefficient (Wildman–Crippen LogP) is 1.45. The highest BCUT2D eigenvalue weighted by Gasteiger charge is 2.31. The van der Waals surface area contributed by atoms with Crippen molar-refractivity contribution in [2.45, 2.75) is 13.8 Å². The molecule has 0 aromatic heterocycles. The van der Waals surface area contributed by atoms with E-state index in [9.17, 15) is 4.79 Å². The summed E-state index contributed by atoms with van der Waals surface area (Å²) >= 11 is 5.93. The molecule has 0 saturated heterocycles. The summed E-state index contributed by atoms with van der Waals surface area (Å²) in [5, 5.41) is 4.72. The van der Waals surface area contributed by atoms with Gasteiger partial charge in [0.05, 0.1) is 0 Å². The quantitative estimate of drug-likeness (QED) is 0.666. The number of halogens is 1. The first-order valence-electron chi connectivity index (χ1n) is 4.23. The second-order valence-corrected chi connectivity index (χ2v) is 3.50. The molecule has 0 fully saturated rings. The van der Waals surface area contributed by atoms with Crippen molar-refractivity contribution in [2.24, 2.45) is 0 Å². The first kappa shape index (κ1) is 9.15. The Morgan fingerprint density at radius 3 is 2.93 bits per heavy atom. The van der Waals surface area contributed by atoms with E-state index in [1.807, 2.05) is 19.1 Å². The first-order valence-corrected chi connectivity index (χ1v) is 4.57. The van der Waals surface area contributed by atoms with Crippen molar-refractivity contribution >= 4 is 17.6 Å². The van der Waals surface area contributed by atoms with E-state index >= 15 is 0 Å². The molecule has 0 amide bonds. The SMILES string of the molecule is CC(=O)C1=C(C)NC2=CC=CN(Cl)N21. The van der Waals surface area contributed by atoms with Crippen LogP contribution in [-0.2, 0) is 4.79 Å². The molecule has 5 heteroatoms. The Bertz CT molecular complexity index is 384. The second-order valence-electron chi connectivity index (χ2n) is 3.15. The van der Waals surface area contributed by atoms with Gasteiger partial charge in [0, 0.05) is 30.6 Å². The van der Waals surface area contributed by atoms with Crippen LogP contribution in [0.15, 0.2) is 35.6 Å². The number of nitrogens with one attached hydrogen (secondary N) is 1. The minimum Gasteiger partial charge on any atom is -0.342 e. The standard InChI is InChI=1S/C9H10ClN3O/c1-6-9(7(2)14)13-8(11-6)4-3-5-12(13)10/h3-5,11H,1-2H3. The van der Waals surface area contributed by atoms with Crippen molar-refractivity contribution in [2.75, 3.05) is 0 Å². The Balaban J connectivity index is 2.43. The summed E-state index contributed by atoms with van der Waals surface area (Å²) in [7, 11) is 0. The van der Waals surface area contributed by atoms with Crippen LogP contribution in [0.25, 0.3) is 0 Å². The largest absolute Gasteiger partial charge is 0.342 e. The maximum absolute atomic E-state index is 11.4. The minimum absolute atomic E-state index is 0.0145. The molecule has 0 atom stereocenters. The highest BCUT2D eigenvalue weighted by atomic mass is 35.5. The summed E-state index contributed by atoms with van der Waals surface area (Å²) in [5.41, 5.74) is 1.40. The minimum atomic E-state index is -0.0145. The van der Waals surface area contributed by atoms with E-state index in [0.29, 0.717) is 5.70 Å². The molecule has 1 N–H and O–H groups in total. The Kier molecular flexibility index (Phi) is 2.00. The van der Waals surface area contributed by atoms with Crippen molar-refractivity contribution in [3.8, 4) is 0 Å². The van der Waals surface area contributed by atoms with Crippen LogP contribution in [0.1, 0.15) is 13.8 Å². The molecule has 0 aliphatic carbocycles. The van der Waals surface area contributed by atoms with Gasteiger partial charge in [-0.1, -0.05) is 0 Å². The Labute approximate surface area is 87.2 Å². The average Bonchev–Trinajstić information content (AvgIpc) is 2.42. The van der Waals surface area contributed by atoms with Gasteiger partial charge in [-0.3, -0.25) is 4.79 Å². The van der Waals surface area contributed by atoms with Crippen LogP contribution in [0.2, 0.25) is 0 Å². The normalized spacial score (nSPS) is 19.5. The number of rotatable bonds is 1. The summed E-state index contributed by atoms with van der Waals surface area (Å²) in [6, 6.07) is 0. The molecule has 2 rings (SSSR count). The number of Topliss-reactive ketones (excluding diaryl/α,β-unsaturated/α-hetero) is 1. The molecular formula is C9H10ClN3O. The summed E-state index contributed by atoms with van der Waals surface area (Å²) in [4.78, 5) is 11.4. The fraction of sp³-hybridized carbons (Fsp3) is 0.222. The molecule has 74 valence electrons. The third kappa shape index (κ3) is 1.19. The molecule has 2 aliphatic heterocycles. The maximum atomic E-state index is 11.4. The summed E-state index contributed by atoms with van der Waals surface area (Å²) < 4.78 is 1.36. The molecule has 0 spiro atoms.